The second kappa shape index (κ2) is 8.54. The summed E-state index contributed by atoms with van der Waals surface area (Å²) in [6.45, 7) is 0.0709. The van der Waals surface area contributed by atoms with Gasteiger partial charge in [-0.3, -0.25) is 15.0 Å². The van der Waals surface area contributed by atoms with Crippen molar-refractivity contribution < 1.29 is 19.1 Å². The summed E-state index contributed by atoms with van der Waals surface area (Å²) >= 11 is 0. The second-order valence-electron chi connectivity index (χ2n) is 4.27. The quantitative estimate of drug-likeness (QED) is 0.306. The van der Waals surface area contributed by atoms with Crippen LogP contribution in [0.2, 0.25) is 0 Å². The minimum atomic E-state index is -0.995. The predicted molar refractivity (Wildman–Crippen MR) is 74.3 cm³/mol. The fraction of sp³-hybridized carbons (Fsp3) is 0.308. The molecule has 1 unspecified atom stereocenters. The molecule has 8 nitrogen and oxygen atoms in total. The van der Waals surface area contributed by atoms with E-state index in [-0.39, 0.29) is 19.4 Å². The van der Waals surface area contributed by atoms with E-state index in [4.69, 9.17) is 16.3 Å². The van der Waals surface area contributed by atoms with Gasteiger partial charge in [0, 0.05) is 6.42 Å². The van der Waals surface area contributed by atoms with E-state index < -0.39 is 23.9 Å². The van der Waals surface area contributed by atoms with E-state index >= 15 is 0 Å². The zero-order chi connectivity index (χ0) is 15.7. The SMILES string of the molecule is NNC(=O)CCC(NC(=O)OCc1ccccc1)C(N)=O. The van der Waals surface area contributed by atoms with Gasteiger partial charge in [-0.2, -0.15) is 0 Å². The van der Waals surface area contributed by atoms with E-state index in [9.17, 15) is 14.4 Å². The molecule has 0 fully saturated rings. The van der Waals surface area contributed by atoms with Crippen molar-refractivity contribution in [2.75, 3.05) is 0 Å². The fourth-order valence-electron chi connectivity index (χ4n) is 1.54. The Hall–Kier alpha value is -2.61. The van der Waals surface area contributed by atoms with E-state index in [1.807, 2.05) is 23.6 Å². The summed E-state index contributed by atoms with van der Waals surface area (Å²) in [5.41, 5.74) is 7.88. The van der Waals surface area contributed by atoms with Gasteiger partial charge in [-0.25, -0.2) is 10.6 Å². The smallest absolute Gasteiger partial charge is 0.408 e. The lowest BCUT2D eigenvalue weighted by Gasteiger charge is -2.15. The van der Waals surface area contributed by atoms with Crippen LogP contribution in [0.25, 0.3) is 0 Å². The number of ether oxygens (including phenoxy) is 1. The van der Waals surface area contributed by atoms with Crippen molar-refractivity contribution in [1.29, 1.82) is 0 Å². The Morgan fingerprint density at radius 3 is 2.43 bits per heavy atom. The maximum atomic E-state index is 11.6. The Morgan fingerprint density at radius 2 is 1.86 bits per heavy atom. The van der Waals surface area contributed by atoms with E-state index in [0.29, 0.717) is 0 Å². The maximum absolute atomic E-state index is 11.6. The molecule has 114 valence electrons. The Balaban J connectivity index is 2.41. The number of amides is 3. The van der Waals surface area contributed by atoms with E-state index in [2.05, 4.69) is 5.32 Å². The molecular formula is C13H18N4O4. The largest absolute Gasteiger partial charge is 0.445 e. The van der Waals surface area contributed by atoms with Gasteiger partial charge in [0.1, 0.15) is 12.6 Å². The molecule has 3 amide bonds. The highest BCUT2D eigenvalue weighted by Gasteiger charge is 2.19. The monoisotopic (exact) mass is 294 g/mol. The van der Waals surface area contributed by atoms with Gasteiger partial charge in [0.2, 0.25) is 11.8 Å². The van der Waals surface area contributed by atoms with Crippen LogP contribution in [0.4, 0.5) is 4.79 Å². The van der Waals surface area contributed by atoms with Crippen LogP contribution in [0.5, 0.6) is 0 Å². The Bertz CT molecular complexity index is 492. The normalized spacial score (nSPS) is 11.3. The molecule has 0 saturated heterocycles. The number of hydrazine groups is 1. The number of carbonyl (C=O) groups is 3. The second-order valence-corrected chi connectivity index (χ2v) is 4.27. The first kappa shape index (κ1) is 16.4. The Kier molecular flexibility index (Phi) is 6.69. The van der Waals surface area contributed by atoms with Crippen LogP contribution in [0.1, 0.15) is 18.4 Å². The molecule has 1 rings (SSSR count). The lowest BCUT2D eigenvalue weighted by molar-refractivity contribution is -0.122. The van der Waals surface area contributed by atoms with Crippen LogP contribution >= 0.6 is 0 Å². The molecule has 0 aliphatic heterocycles. The zero-order valence-electron chi connectivity index (χ0n) is 11.4. The molecule has 0 aliphatic rings. The minimum Gasteiger partial charge on any atom is -0.445 e. The Morgan fingerprint density at radius 1 is 1.19 bits per heavy atom. The molecule has 1 aromatic carbocycles. The minimum absolute atomic E-state index is 0.0386. The van der Waals surface area contributed by atoms with Crippen molar-refractivity contribution in [3.63, 3.8) is 0 Å². The van der Waals surface area contributed by atoms with Crippen molar-refractivity contribution in [2.45, 2.75) is 25.5 Å². The van der Waals surface area contributed by atoms with Crippen molar-refractivity contribution in [1.82, 2.24) is 10.7 Å². The fourth-order valence-corrected chi connectivity index (χ4v) is 1.54. The summed E-state index contributed by atoms with van der Waals surface area (Å²) in [5, 5.41) is 2.31. The van der Waals surface area contributed by atoms with Crippen molar-refractivity contribution in [3.8, 4) is 0 Å². The van der Waals surface area contributed by atoms with Gasteiger partial charge in [0.05, 0.1) is 0 Å². The highest BCUT2D eigenvalue weighted by Crippen LogP contribution is 2.02. The molecule has 0 saturated carbocycles. The highest BCUT2D eigenvalue weighted by atomic mass is 16.5. The molecule has 21 heavy (non-hydrogen) atoms. The standard InChI is InChI=1S/C13H18N4O4/c14-12(19)10(6-7-11(18)17-15)16-13(20)21-8-9-4-2-1-3-5-9/h1-5,10H,6-8,15H2,(H2,14,19)(H,16,20)(H,17,18). The molecule has 0 aliphatic carbocycles. The number of primary amides is 1. The van der Waals surface area contributed by atoms with E-state index in [1.165, 1.54) is 0 Å². The average molecular weight is 294 g/mol. The van der Waals surface area contributed by atoms with Gasteiger partial charge < -0.3 is 15.8 Å². The van der Waals surface area contributed by atoms with Gasteiger partial charge in [0.25, 0.3) is 0 Å². The third-order valence-electron chi connectivity index (χ3n) is 2.67. The lowest BCUT2D eigenvalue weighted by Crippen LogP contribution is -2.45. The number of rotatable bonds is 7. The Labute approximate surface area is 121 Å². The summed E-state index contributed by atoms with van der Waals surface area (Å²) in [6, 6.07) is 8.07. The molecule has 0 heterocycles. The first-order chi connectivity index (χ1) is 10.0. The van der Waals surface area contributed by atoms with Crippen molar-refractivity contribution in [2.24, 2.45) is 11.6 Å². The summed E-state index contributed by atoms with van der Waals surface area (Å²) < 4.78 is 4.96. The molecule has 1 aromatic rings. The number of hydrogen-bond acceptors (Lipinski definition) is 5. The number of benzene rings is 1. The molecule has 8 heteroatoms. The van der Waals surface area contributed by atoms with Gasteiger partial charge in [-0.15, -0.1) is 0 Å². The highest BCUT2D eigenvalue weighted by molar-refractivity contribution is 5.85. The van der Waals surface area contributed by atoms with Crippen LogP contribution in [0, 0.1) is 0 Å². The number of nitrogens with two attached hydrogens (primary N) is 2. The third-order valence-corrected chi connectivity index (χ3v) is 2.67. The van der Waals surface area contributed by atoms with Crippen molar-refractivity contribution in [3.05, 3.63) is 35.9 Å². The van der Waals surface area contributed by atoms with Gasteiger partial charge in [-0.05, 0) is 12.0 Å². The summed E-state index contributed by atoms with van der Waals surface area (Å²) in [4.78, 5) is 33.8. The van der Waals surface area contributed by atoms with Crippen LogP contribution in [0.3, 0.4) is 0 Å². The van der Waals surface area contributed by atoms with Gasteiger partial charge in [-0.1, -0.05) is 30.3 Å². The third kappa shape index (κ3) is 6.39. The molecule has 0 spiro atoms. The molecule has 1 atom stereocenters. The number of carbonyl (C=O) groups excluding carboxylic acids is 3. The van der Waals surface area contributed by atoms with E-state index in [0.717, 1.165) is 5.56 Å². The first-order valence-electron chi connectivity index (χ1n) is 6.29. The maximum Gasteiger partial charge on any atom is 0.408 e. The van der Waals surface area contributed by atoms with Crippen LogP contribution in [-0.4, -0.2) is 23.9 Å². The summed E-state index contributed by atoms with van der Waals surface area (Å²) in [7, 11) is 0. The molecule has 0 aromatic heterocycles. The first-order valence-corrected chi connectivity index (χ1v) is 6.29. The van der Waals surface area contributed by atoms with E-state index in [1.54, 1.807) is 12.1 Å². The number of nitrogens with one attached hydrogen (secondary N) is 2. The predicted octanol–water partition coefficient (Wildman–Crippen LogP) is -0.463. The zero-order valence-corrected chi connectivity index (χ0v) is 11.4. The summed E-state index contributed by atoms with van der Waals surface area (Å²) in [6.07, 6.45) is -0.780. The van der Waals surface area contributed by atoms with Crippen LogP contribution < -0.4 is 22.3 Å². The van der Waals surface area contributed by atoms with Crippen LogP contribution in [-0.2, 0) is 20.9 Å². The molecule has 6 N–H and O–H groups in total. The van der Waals surface area contributed by atoms with Crippen LogP contribution in [0.15, 0.2) is 30.3 Å². The van der Waals surface area contributed by atoms with Gasteiger partial charge in [0.15, 0.2) is 0 Å². The molecular weight excluding hydrogens is 276 g/mol. The topological polar surface area (TPSA) is 137 Å². The lowest BCUT2D eigenvalue weighted by atomic mass is 10.1. The van der Waals surface area contributed by atoms with Gasteiger partial charge >= 0.3 is 6.09 Å². The molecule has 0 bridgehead atoms. The number of hydrogen-bond donors (Lipinski definition) is 4. The average Bonchev–Trinajstić information content (AvgIpc) is 2.49. The summed E-state index contributed by atoms with van der Waals surface area (Å²) in [5.74, 6) is 3.71. The number of alkyl carbamates (subject to hydrolysis) is 1. The van der Waals surface area contributed by atoms with Crippen molar-refractivity contribution >= 4 is 17.9 Å². The molecule has 0 radical (unpaired) electrons.